The Hall–Kier alpha value is -0.0900. The molecule has 1 nitrogen and oxygen atoms in total. The number of aryl methyl sites for hydroxylation is 1. The highest BCUT2D eigenvalue weighted by Gasteiger charge is 2.10. The molecule has 0 saturated heterocycles. The minimum atomic E-state index is 0.0689. The van der Waals surface area contributed by atoms with Crippen molar-refractivity contribution in [1.29, 1.82) is 0 Å². The number of benzene rings is 1. The minimum Gasteiger partial charge on any atom is -0.294 e. The summed E-state index contributed by atoms with van der Waals surface area (Å²) in [7, 11) is 0. The zero-order valence-electron chi connectivity index (χ0n) is 6.82. The van der Waals surface area contributed by atoms with Crippen LogP contribution in [0.25, 0.3) is 0 Å². The van der Waals surface area contributed by atoms with E-state index in [1.807, 2.05) is 19.1 Å². The van der Waals surface area contributed by atoms with Crippen molar-refractivity contribution < 1.29 is 4.79 Å². The SMILES string of the molecule is CC(=O)c1c(C)ccc(Cl)c1I. The number of ketones is 1. The molecule has 64 valence electrons. The van der Waals surface area contributed by atoms with E-state index in [0.717, 1.165) is 14.7 Å². The molecule has 0 saturated carbocycles. The van der Waals surface area contributed by atoms with Crippen molar-refractivity contribution in [3.8, 4) is 0 Å². The number of halogens is 2. The summed E-state index contributed by atoms with van der Waals surface area (Å²) in [6.45, 7) is 3.47. The summed E-state index contributed by atoms with van der Waals surface area (Å²) in [4.78, 5) is 11.2. The zero-order valence-corrected chi connectivity index (χ0v) is 9.73. The molecule has 0 aliphatic heterocycles. The van der Waals surface area contributed by atoms with E-state index in [-0.39, 0.29) is 5.78 Å². The molecular formula is C9H8ClIO. The summed E-state index contributed by atoms with van der Waals surface area (Å²) in [6, 6.07) is 3.67. The Kier molecular flexibility index (Phi) is 3.12. The Bertz CT molecular complexity index is 334. The van der Waals surface area contributed by atoms with Crippen LogP contribution in [0.3, 0.4) is 0 Å². The fourth-order valence-electron chi connectivity index (χ4n) is 1.08. The summed E-state index contributed by atoms with van der Waals surface area (Å²) < 4.78 is 0.849. The van der Waals surface area contributed by atoms with Gasteiger partial charge in [0.25, 0.3) is 0 Å². The molecule has 12 heavy (non-hydrogen) atoms. The second-order valence-corrected chi connectivity index (χ2v) is 4.10. The molecule has 1 aromatic rings. The molecule has 0 N–H and O–H groups in total. The van der Waals surface area contributed by atoms with Crippen LogP contribution < -0.4 is 0 Å². The van der Waals surface area contributed by atoms with Gasteiger partial charge < -0.3 is 0 Å². The maximum atomic E-state index is 11.2. The maximum Gasteiger partial charge on any atom is 0.161 e. The van der Waals surface area contributed by atoms with E-state index in [0.29, 0.717) is 5.02 Å². The number of rotatable bonds is 1. The summed E-state index contributed by atoms with van der Waals surface area (Å²) in [6.07, 6.45) is 0. The van der Waals surface area contributed by atoms with E-state index in [4.69, 9.17) is 11.6 Å². The third-order valence-electron chi connectivity index (χ3n) is 1.66. The molecular weight excluding hydrogens is 286 g/mol. The number of carbonyl (C=O) groups is 1. The topological polar surface area (TPSA) is 17.1 Å². The third-order valence-corrected chi connectivity index (χ3v) is 3.41. The van der Waals surface area contributed by atoms with Crippen LogP contribution in [0.4, 0.5) is 0 Å². The lowest BCUT2D eigenvalue weighted by Crippen LogP contribution is -1.99. The second-order valence-electron chi connectivity index (χ2n) is 2.61. The molecule has 0 fully saturated rings. The van der Waals surface area contributed by atoms with Crippen molar-refractivity contribution in [3.05, 3.63) is 31.9 Å². The largest absolute Gasteiger partial charge is 0.294 e. The average molecular weight is 295 g/mol. The highest BCUT2D eigenvalue weighted by Crippen LogP contribution is 2.25. The predicted molar refractivity (Wildman–Crippen MR) is 58.9 cm³/mol. The predicted octanol–water partition coefficient (Wildman–Crippen LogP) is 3.46. The maximum absolute atomic E-state index is 11.2. The van der Waals surface area contributed by atoms with Crippen LogP contribution in [0.2, 0.25) is 5.02 Å². The van der Waals surface area contributed by atoms with E-state index < -0.39 is 0 Å². The molecule has 1 rings (SSSR count). The van der Waals surface area contributed by atoms with Gasteiger partial charge >= 0.3 is 0 Å². The van der Waals surface area contributed by atoms with Crippen LogP contribution in [-0.4, -0.2) is 5.78 Å². The van der Waals surface area contributed by atoms with Gasteiger partial charge in [0, 0.05) is 9.13 Å². The van der Waals surface area contributed by atoms with Crippen LogP contribution in [0.1, 0.15) is 22.8 Å². The number of carbonyl (C=O) groups excluding carboxylic acids is 1. The van der Waals surface area contributed by atoms with Crippen molar-refractivity contribution in [1.82, 2.24) is 0 Å². The highest BCUT2D eigenvalue weighted by atomic mass is 127. The standard InChI is InChI=1S/C9H8ClIO/c1-5-3-4-7(10)9(11)8(5)6(2)12/h3-4H,1-2H3. The molecule has 0 unspecified atom stereocenters. The van der Waals surface area contributed by atoms with Gasteiger partial charge in [-0.05, 0) is 48.1 Å². The molecule has 0 bridgehead atoms. The van der Waals surface area contributed by atoms with Crippen molar-refractivity contribution >= 4 is 40.0 Å². The Morgan fingerprint density at radius 1 is 1.50 bits per heavy atom. The quantitative estimate of drug-likeness (QED) is 0.573. The molecule has 3 heteroatoms. The second kappa shape index (κ2) is 3.75. The van der Waals surface area contributed by atoms with Crippen molar-refractivity contribution in [2.75, 3.05) is 0 Å². The fraction of sp³-hybridized carbons (Fsp3) is 0.222. The third kappa shape index (κ3) is 1.80. The molecule has 0 aliphatic rings. The molecule has 0 amide bonds. The summed E-state index contributed by atoms with van der Waals surface area (Å²) >= 11 is 7.96. The molecule has 0 aliphatic carbocycles. The number of hydrogen-bond acceptors (Lipinski definition) is 1. The average Bonchev–Trinajstić information content (AvgIpc) is 1.97. The van der Waals surface area contributed by atoms with E-state index >= 15 is 0 Å². The van der Waals surface area contributed by atoms with Gasteiger partial charge in [-0.3, -0.25) is 4.79 Å². The van der Waals surface area contributed by atoms with Crippen molar-refractivity contribution in [3.63, 3.8) is 0 Å². The molecule has 0 radical (unpaired) electrons. The Balaban J connectivity index is 3.43. The molecule has 0 aromatic heterocycles. The smallest absolute Gasteiger partial charge is 0.161 e. The highest BCUT2D eigenvalue weighted by molar-refractivity contribution is 14.1. The van der Waals surface area contributed by atoms with E-state index in [1.54, 1.807) is 6.92 Å². The first-order chi connectivity index (χ1) is 5.54. The normalized spacial score (nSPS) is 10.0. The Labute approximate surface area is 90.3 Å². The lowest BCUT2D eigenvalue weighted by molar-refractivity contribution is 0.101. The van der Waals surface area contributed by atoms with Gasteiger partial charge in [0.2, 0.25) is 0 Å². The first-order valence-corrected chi connectivity index (χ1v) is 4.95. The van der Waals surface area contributed by atoms with Gasteiger partial charge in [-0.1, -0.05) is 17.7 Å². The lowest BCUT2D eigenvalue weighted by atomic mass is 10.1. The Morgan fingerprint density at radius 3 is 2.50 bits per heavy atom. The molecule has 0 atom stereocenters. The van der Waals surface area contributed by atoms with Crippen LogP contribution in [0.15, 0.2) is 12.1 Å². The van der Waals surface area contributed by atoms with Crippen LogP contribution in [0, 0.1) is 10.5 Å². The molecule has 0 heterocycles. The van der Waals surface area contributed by atoms with E-state index in [2.05, 4.69) is 22.6 Å². The van der Waals surface area contributed by atoms with Gasteiger partial charge in [-0.25, -0.2) is 0 Å². The number of Topliss-reactive ketones (excluding diaryl/α,β-unsaturated/α-hetero) is 1. The van der Waals surface area contributed by atoms with Crippen LogP contribution in [-0.2, 0) is 0 Å². The lowest BCUT2D eigenvalue weighted by Gasteiger charge is -2.05. The molecule has 0 spiro atoms. The molecule has 1 aromatic carbocycles. The van der Waals surface area contributed by atoms with Gasteiger partial charge in [-0.15, -0.1) is 0 Å². The monoisotopic (exact) mass is 294 g/mol. The van der Waals surface area contributed by atoms with Gasteiger partial charge in [0.05, 0.1) is 5.02 Å². The van der Waals surface area contributed by atoms with Gasteiger partial charge in [0.15, 0.2) is 5.78 Å². The van der Waals surface area contributed by atoms with Gasteiger partial charge in [0.1, 0.15) is 0 Å². The van der Waals surface area contributed by atoms with E-state index in [9.17, 15) is 4.79 Å². The van der Waals surface area contributed by atoms with Crippen molar-refractivity contribution in [2.45, 2.75) is 13.8 Å². The van der Waals surface area contributed by atoms with Crippen LogP contribution in [0.5, 0.6) is 0 Å². The van der Waals surface area contributed by atoms with Gasteiger partial charge in [-0.2, -0.15) is 0 Å². The minimum absolute atomic E-state index is 0.0689. The van der Waals surface area contributed by atoms with Crippen molar-refractivity contribution in [2.24, 2.45) is 0 Å². The Morgan fingerprint density at radius 2 is 2.08 bits per heavy atom. The first kappa shape index (κ1) is 9.99. The summed E-state index contributed by atoms with van der Waals surface area (Å²) in [5, 5.41) is 0.645. The van der Waals surface area contributed by atoms with E-state index in [1.165, 1.54) is 0 Å². The van der Waals surface area contributed by atoms with Crippen LogP contribution >= 0.6 is 34.2 Å². The zero-order chi connectivity index (χ0) is 9.30. The summed E-state index contributed by atoms with van der Waals surface area (Å²) in [5.74, 6) is 0.0689. The summed E-state index contributed by atoms with van der Waals surface area (Å²) in [5.41, 5.74) is 1.72. The fourth-order valence-corrected chi connectivity index (χ4v) is 2.22. The number of hydrogen-bond donors (Lipinski definition) is 0. The first-order valence-electron chi connectivity index (χ1n) is 3.49.